The molecule has 0 unspecified atom stereocenters. The van der Waals surface area contributed by atoms with Gasteiger partial charge in [0.15, 0.2) is 0 Å². The molecule has 28 heavy (non-hydrogen) atoms. The molecule has 1 heterocycles. The lowest BCUT2D eigenvalue weighted by atomic mass is 10.2. The Morgan fingerprint density at radius 3 is 2.43 bits per heavy atom. The number of aliphatic imine (C=N–C) groups is 1. The third kappa shape index (κ3) is 4.68. The van der Waals surface area contributed by atoms with Crippen molar-refractivity contribution in [1.82, 2.24) is 10.3 Å². The Morgan fingerprint density at radius 1 is 1.18 bits per heavy atom. The number of nitro benzene ring substituents is 1. The zero-order chi connectivity index (χ0) is 20.3. The number of sulfonamides is 1. The van der Waals surface area contributed by atoms with Crippen LogP contribution in [0.2, 0.25) is 5.02 Å². The van der Waals surface area contributed by atoms with Crippen LogP contribution in [0.1, 0.15) is 5.56 Å². The Balaban J connectivity index is 1.63. The first-order valence-electron chi connectivity index (χ1n) is 7.79. The number of amides is 1. The first kappa shape index (κ1) is 20.3. The molecule has 0 saturated heterocycles. The second-order valence-corrected chi connectivity index (χ2v) is 8.74. The molecular formula is C16H13ClN4O5S2. The van der Waals surface area contributed by atoms with Gasteiger partial charge in [-0.25, -0.2) is 8.42 Å². The number of rotatable bonds is 6. The van der Waals surface area contributed by atoms with E-state index >= 15 is 0 Å². The first-order valence-corrected chi connectivity index (χ1v) is 10.6. The minimum absolute atomic E-state index is 0.0433. The van der Waals surface area contributed by atoms with E-state index in [1.165, 1.54) is 48.2 Å². The van der Waals surface area contributed by atoms with Crippen LogP contribution >= 0.6 is 23.4 Å². The summed E-state index contributed by atoms with van der Waals surface area (Å²) in [4.78, 5) is 28.7. The van der Waals surface area contributed by atoms with Gasteiger partial charge in [-0.15, -0.1) is 16.6 Å². The number of benzene rings is 2. The minimum atomic E-state index is -3.94. The third-order valence-electron chi connectivity index (χ3n) is 3.71. The van der Waals surface area contributed by atoms with Gasteiger partial charge in [-0.3, -0.25) is 25.3 Å². The number of carbonyl (C=O) groups is 1. The number of non-ortho nitro benzene ring substituents is 1. The fourth-order valence-electron chi connectivity index (χ4n) is 2.27. The lowest BCUT2D eigenvalue weighted by molar-refractivity contribution is -0.384. The maximum absolute atomic E-state index is 12.2. The zero-order valence-corrected chi connectivity index (χ0v) is 16.4. The molecule has 0 saturated carbocycles. The number of thioether (sulfide) groups is 1. The second kappa shape index (κ2) is 8.27. The molecular weight excluding hydrogens is 428 g/mol. The van der Waals surface area contributed by atoms with Gasteiger partial charge in [0.25, 0.3) is 21.6 Å². The average molecular weight is 441 g/mol. The molecule has 2 aromatic carbocycles. The summed E-state index contributed by atoms with van der Waals surface area (Å²) in [5.74, 6) is -0.289. The highest BCUT2D eigenvalue weighted by atomic mass is 35.5. The summed E-state index contributed by atoms with van der Waals surface area (Å²) >= 11 is 7.03. The SMILES string of the molecule is O=C(NNS(=O)(=O)c1ccc(Cl)cc1)[C@@H]1CSC(c2ccc([N+](=O)[O-])cc2)=N1. The van der Waals surface area contributed by atoms with Gasteiger partial charge < -0.3 is 0 Å². The molecule has 2 aromatic rings. The standard InChI is InChI=1S/C16H13ClN4O5S2/c17-11-3-7-13(8-4-11)28(25,26)20-19-15(22)14-9-27-16(18-14)10-1-5-12(6-2-10)21(23)24/h1-8,14,20H,9H2,(H,19,22)/t14-/m0/s1. The van der Waals surface area contributed by atoms with Crippen LogP contribution in [0.15, 0.2) is 58.4 Å². The number of nitrogens with one attached hydrogen (secondary N) is 2. The van der Waals surface area contributed by atoms with Gasteiger partial charge in [-0.1, -0.05) is 11.6 Å². The van der Waals surface area contributed by atoms with Gasteiger partial charge in [0, 0.05) is 28.5 Å². The van der Waals surface area contributed by atoms with E-state index in [0.717, 1.165) is 0 Å². The number of hydrogen-bond acceptors (Lipinski definition) is 7. The molecule has 1 aliphatic heterocycles. The molecule has 1 aliphatic rings. The second-order valence-electron chi connectivity index (χ2n) is 5.61. The van der Waals surface area contributed by atoms with Crippen LogP contribution in [0.3, 0.4) is 0 Å². The van der Waals surface area contributed by atoms with E-state index in [9.17, 15) is 23.3 Å². The summed E-state index contributed by atoms with van der Waals surface area (Å²) in [5.41, 5.74) is 2.76. The van der Waals surface area contributed by atoms with Gasteiger partial charge >= 0.3 is 0 Å². The van der Waals surface area contributed by atoms with Crippen LogP contribution < -0.4 is 10.3 Å². The van der Waals surface area contributed by atoms with Crippen LogP contribution in [-0.4, -0.2) is 36.1 Å². The normalized spacial score (nSPS) is 16.5. The van der Waals surface area contributed by atoms with Crippen molar-refractivity contribution in [2.24, 2.45) is 4.99 Å². The zero-order valence-electron chi connectivity index (χ0n) is 14.0. The van der Waals surface area contributed by atoms with Crippen molar-refractivity contribution < 1.29 is 18.1 Å². The molecule has 0 radical (unpaired) electrons. The van der Waals surface area contributed by atoms with Crippen molar-refractivity contribution >= 4 is 50.0 Å². The van der Waals surface area contributed by atoms with Crippen LogP contribution in [0.25, 0.3) is 0 Å². The van der Waals surface area contributed by atoms with Gasteiger partial charge in [0.2, 0.25) is 0 Å². The van der Waals surface area contributed by atoms with E-state index in [1.54, 1.807) is 12.1 Å². The average Bonchev–Trinajstić information content (AvgIpc) is 3.17. The predicted molar refractivity (Wildman–Crippen MR) is 106 cm³/mol. The molecule has 9 nitrogen and oxygen atoms in total. The highest BCUT2D eigenvalue weighted by Gasteiger charge is 2.27. The van der Waals surface area contributed by atoms with E-state index in [0.29, 0.717) is 21.4 Å². The van der Waals surface area contributed by atoms with Crippen molar-refractivity contribution in [3.05, 3.63) is 69.2 Å². The van der Waals surface area contributed by atoms with Gasteiger partial charge in [0.05, 0.1) is 14.9 Å². The van der Waals surface area contributed by atoms with E-state index in [1.807, 2.05) is 4.83 Å². The smallest absolute Gasteiger partial charge is 0.269 e. The summed E-state index contributed by atoms with van der Waals surface area (Å²) < 4.78 is 24.3. The van der Waals surface area contributed by atoms with Crippen molar-refractivity contribution in [2.75, 3.05) is 5.75 Å². The summed E-state index contributed by atoms with van der Waals surface area (Å²) in [6, 6.07) is 10.5. The summed E-state index contributed by atoms with van der Waals surface area (Å²) in [6.07, 6.45) is 0. The fourth-order valence-corrected chi connectivity index (χ4v) is 4.28. The molecule has 146 valence electrons. The molecule has 1 amide bonds. The van der Waals surface area contributed by atoms with Gasteiger partial charge in [-0.05, 0) is 36.4 Å². The summed E-state index contributed by atoms with van der Waals surface area (Å²) in [6.45, 7) is 0. The van der Waals surface area contributed by atoms with Crippen LogP contribution in [-0.2, 0) is 14.8 Å². The lowest BCUT2D eigenvalue weighted by Crippen LogP contribution is -2.46. The summed E-state index contributed by atoms with van der Waals surface area (Å²) in [5, 5.41) is 11.6. The number of hydrazine groups is 1. The third-order valence-corrected chi connectivity index (χ3v) is 6.32. The van der Waals surface area contributed by atoms with E-state index < -0.39 is 26.9 Å². The monoisotopic (exact) mass is 440 g/mol. The fraction of sp³-hybridized carbons (Fsp3) is 0.125. The molecule has 0 spiro atoms. The van der Waals surface area contributed by atoms with Crippen molar-refractivity contribution in [2.45, 2.75) is 10.9 Å². The molecule has 0 aromatic heterocycles. The van der Waals surface area contributed by atoms with Crippen molar-refractivity contribution in [1.29, 1.82) is 0 Å². The Kier molecular flexibility index (Phi) is 5.98. The Morgan fingerprint density at radius 2 is 1.82 bits per heavy atom. The van der Waals surface area contributed by atoms with Gasteiger partial charge in [0.1, 0.15) is 6.04 Å². The molecule has 0 bridgehead atoms. The quantitative estimate of drug-likeness (QED) is 0.522. The highest BCUT2D eigenvalue weighted by molar-refractivity contribution is 8.14. The number of carbonyl (C=O) groups excluding carboxylic acids is 1. The van der Waals surface area contributed by atoms with Crippen molar-refractivity contribution in [3.8, 4) is 0 Å². The molecule has 2 N–H and O–H groups in total. The molecule has 0 fully saturated rings. The molecule has 12 heteroatoms. The number of hydrogen-bond donors (Lipinski definition) is 2. The largest absolute Gasteiger partial charge is 0.276 e. The minimum Gasteiger partial charge on any atom is -0.276 e. The highest BCUT2D eigenvalue weighted by Crippen LogP contribution is 2.25. The first-order chi connectivity index (χ1) is 13.3. The van der Waals surface area contributed by atoms with E-state index in [2.05, 4.69) is 10.4 Å². The van der Waals surface area contributed by atoms with Crippen LogP contribution in [0.4, 0.5) is 5.69 Å². The summed E-state index contributed by atoms with van der Waals surface area (Å²) in [7, 11) is -3.94. The van der Waals surface area contributed by atoms with E-state index in [-0.39, 0.29) is 10.6 Å². The lowest BCUT2D eigenvalue weighted by Gasteiger charge is -2.10. The van der Waals surface area contributed by atoms with Crippen LogP contribution in [0, 0.1) is 10.1 Å². The molecule has 0 aliphatic carbocycles. The Bertz CT molecular complexity index is 1040. The number of halogens is 1. The van der Waals surface area contributed by atoms with Gasteiger partial charge in [-0.2, -0.15) is 0 Å². The van der Waals surface area contributed by atoms with Crippen LogP contribution in [0.5, 0.6) is 0 Å². The molecule has 1 atom stereocenters. The Labute approximate surface area is 169 Å². The maximum atomic E-state index is 12.2. The predicted octanol–water partition coefficient (Wildman–Crippen LogP) is 2.12. The van der Waals surface area contributed by atoms with Crippen molar-refractivity contribution in [3.63, 3.8) is 0 Å². The number of nitrogens with zero attached hydrogens (tertiary/aromatic N) is 2. The Hall–Kier alpha value is -2.47. The van der Waals surface area contributed by atoms with E-state index in [4.69, 9.17) is 11.6 Å². The molecule has 3 rings (SSSR count). The number of nitro groups is 1. The maximum Gasteiger partial charge on any atom is 0.269 e. The topological polar surface area (TPSA) is 131 Å².